The minimum Gasteiger partial charge on any atom is -0.368 e. The summed E-state index contributed by atoms with van der Waals surface area (Å²) < 4.78 is 0. The molecule has 0 radical (unpaired) electrons. The molecule has 0 aromatic heterocycles. The van der Waals surface area contributed by atoms with Crippen molar-refractivity contribution in [3.8, 4) is 0 Å². The van der Waals surface area contributed by atoms with Crippen molar-refractivity contribution in [1.29, 1.82) is 0 Å². The van der Waals surface area contributed by atoms with Crippen LogP contribution in [0.2, 0.25) is 0 Å². The van der Waals surface area contributed by atoms with Crippen molar-refractivity contribution in [2.75, 3.05) is 19.6 Å². The van der Waals surface area contributed by atoms with E-state index < -0.39 is 5.91 Å². The third-order valence-corrected chi connectivity index (χ3v) is 2.90. The van der Waals surface area contributed by atoms with E-state index in [4.69, 9.17) is 5.73 Å². The molecular formula is C11H22ClN3O2. The van der Waals surface area contributed by atoms with E-state index in [0.29, 0.717) is 12.3 Å². The SMILES string of the molecule is CC(C)N(CC(N)=O)C(=O)CC1CCNC1.Cl. The molecular weight excluding hydrogens is 242 g/mol. The number of primary amides is 1. The lowest BCUT2D eigenvalue weighted by Gasteiger charge is -2.26. The lowest BCUT2D eigenvalue weighted by Crippen LogP contribution is -2.43. The van der Waals surface area contributed by atoms with Crippen LogP contribution in [0.4, 0.5) is 0 Å². The van der Waals surface area contributed by atoms with E-state index in [1.807, 2.05) is 13.8 Å². The first-order chi connectivity index (χ1) is 7.50. The van der Waals surface area contributed by atoms with Gasteiger partial charge < -0.3 is 16.0 Å². The minimum absolute atomic E-state index is 0. The summed E-state index contributed by atoms with van der Waals surface area (Å²) in [6, 6.07) is 0.0226. The van der Waals surface area contributed by atoms with Gasteiger partial charge in [-0.3, -0.25) is 9.59 Å². The summed E-state index contributed by atoms with van der Waals surface area (Å²) >= 11 is 0. The van der Waals surface area contributed by atoms with Gasteiger partial charge in [-0.25, -0.2) is 0 Å². The summed E-state index contributed by atoms with van der Waals surface area (Å²) in [6.45, 7) is 5.70. The van der Waals surface area contributed by atoms with Crippen LogP contribution in [0, 0.1) is 5.92 Å². The number of rotatable bonds is 5. The molecule has 0 spiro atoms. The predicted molar refractivity (Wildman–Crippen MR) is 68.9 cm³/mol. The highest BCUT2D eigenvalue weighted by Crippen LogP contribution is 2.14. The van der Waals surface area contributed by atoms with Gasteiger partial charge in [0.2, 0.25) is 11.8 Å². The van der Waals surface area contributed by atoms with Crippen molar-refractivity contribution in [1.82, 2.24) is 10.2 Å². The summed E-state index contributed by atoms with van der Waals surface area (Å²) in [5, 5.41) is 3.22. The van der Waals surface area contributed by atoms with Crippen LogP contribution in [0.1, 0.15) is 26.7 Å². The maximum atomic E-state index is 12.0. The highest BCUT2D eigenvalue weighted by molar-refractivity contribution is 5.85. The lowest BCUT2D eigenvalue weighted by molar-refractivity contribution is -0.137. The Labute approximate surface area is 109 Å². The first-order valence-electron chi connectivity index (χ1n) is 5.79. The molecule has 1 fully saturated rings. The maximum Gasteiger partial charge on any atom is 0.237 e. The molecule has 0 aromatic rings. The molecule has 5 nitrogen and oxygen atoms in total. The van der Waals surface area contributed by atoms with Crippen molar-refractivity contribution in [3.05, 3.63) is 0 Å². The summed E-state index contributed by atoms with van der Waals surface area (Å²) in [7, 11) is 0. The summed E-state index contributed by atoms with van der Waals surface area (Å²) in [4.78, 5) is 24.4. The van der Waals surface area contributed by atoms with E-state index in [1.54, 1.807) is 4.90 Å². The van der Waals surface area contributed by atoms with Gasteiger partial charge >= 0.3 is 0 Å². The van der Waals surface area contributed by atoms with E-state index in [9.17, 15) is 9.59 Å². The van der Waals surface area contributed by atoms with Gasteiger partial charge in [-0.1, -0.05) is 0 Å². The first-order valence-corrected chi connectivity index (χ1v) is 5.79. The zero-order valence-corrected chi connectivity index (χ0v) is 11.3. The fourth-order valence-corrected chi connectivity index (χ4v) is 1.98. The van der Waals surface area contributed by atoms with Gasteiger partial charge in [0.15, 0.2) is 0 Å². The van der Waals surface area contributed by atoms with Gasteiger partial charge in [-0.2, -0.15) is 0 Å². The Balaban J connectivity index is 0.00000256. The number of carbonyl (C=O) groups excluding carboxylic acids is 2. The third-order valence-electron chi connectivity index (χ3n) is 2.90. The Morgan fingerprint density at radius 2 is 2.12 bits per heavy atom. The second kappa shape index (κ2) is 7.50. The molecule has 1 aliphatic rings. The van der Waals surface area contributed by atoms with E-state index >= 15 is 0 Å². The fourth-order valence-electron chi connectivity index (χ4n) is 1.98. The second-order valence-corrected chi connectivity index (χ2v) is 4.64. The summed E-state index contributed by atoms with van der Waals surface area (Å²) in [5.74, 6) is -0.0178. The van der Waals surface area contributed by atoms with Crippen LogP contribution in [0.3, 0.4) is 0 Å². The number of nitrogens with one attached hydrogen (secondary N) is 1. The quantitative estimate of drug-likeness (QED) is 0.740. The molecule has 3 N–H and O–H groups in total. The van der Waals surface area contributed by atoms with Crippen LogP contribution in [-0.4, -0.2) is 42.4 Å². The number of nitrogens with zero attached hydrogens (tertiary/aromatic N) is 1. The Hall–Kier alpha value is -0.810. The molecule has 0 aliphatic carbocycles. The Kier molecular flexibility index (Phi) is 7.15. The van der Waals surface area contributed by atoms with E-state index in [0.717, 1.165) is 19.5 Å². The monoisotopic (exact) mass is 263 g/mol. The van der Waals surface area contributed by atoms with Gasteiger partial charge in [0.25, 0.3) is 0 Å². The standard InChI is InChI=1S/C11H21N3O2.ClH/c1-8(2)14(7-10(12)15)11(16)5-9-3-4-13-6-9;/h8-9,13H,3-7H2,1-2H3,(H2,12,15);1H. The van der Waals surface area contributed by atoms with Crippen LogP contribution < -0.4 is 11.1 Å². The van der Waals surface area contributed by atoms with Crippen LogP contribution in [0.15, 0.2) is 0 Å². The topological polar surface area (TPSA) is 75.4 Å². The number of hydrogen-bond donors (Lipinski definition) is 2. The van der Waals surface area contributed by atoms with Crippen LogP contribution in [0.25, 0.3) is 0 Å². The van der Waals surface area contributed by atoms with Crippen LogP contribution in [0.5, 0.6) is 0 Å². The molecule has 1 saturated heterocycles. The average Bonchev–Trinajstić information content (AvgIpc) is 2.65. The van der Waals surface area contributed by atoms with Crippen molar-refractivity contribution >= 4 is 24.2 Å². The largest absolute Gasteiger partial charge is 0.368 e. The molecule has 1 rings (SSSR count). The highest BCUT2D eigenvalue weighted by Gasteiger charge is 2.24. The fraction of sp³-hybridized carbons (Fsp3) is 0.818. The minimum atomic E-state index is -0.452. The van der Waals surface area contributed by atoms with Crippen molar-refractivity contribution in [2.24, 2.45) is 11.7 Å². The number of nitrogens with two attached hydrogens (primary N) is 1. The van der Waals surface area contributed by atoms with E-state index in [-0.39, 0.29) is 30.9 Å². The van der Waals surface area contributed by atoms with Gasteiger partial charge in [0.1, 0.15) is 0 Å². The maximum absolute atomic E-state index is 12.0. The van der Waals surface area contributed by atoms with E-state index in [2.05, 4.69) is 5.32 Å². The van der Waals surface area contributed by atoms with Gasteiger partial charge in [0.05, 0.1) is 6.54 Å². The molecule has 0 aromatic carbocycles. The molecule has 1 heterocycles. The molecule has 1 aliphatic heterocycles. The van der Waals surface area contributed by atoms with Crippen LogP contribution in [-0.2, 0) is 9.59 Å². The van der Waals surface area contributed by atoms with Crippen molar-refractivity contribution in [3.63, 3.8) is 0 Å². The summed E-state index contributed by atoms with van der Waals surface area (Å²) in [6.07, 6.45) is 1.55. The Morgan fingerprint density at radius 3 is 2.53 bits per heavy atom. The predicted octanol–water partition coefficient (Wildman–Crippen LogP) is 0.130. The van der Waals surface area contributed by atoms with Gasteiger partial charge in [0, 0.05) is 12.5 Å². The molecule has 0 bridgehead atoms. The number of carbonyl (C=O) groups is 2. The molecule has 0 saturated carbocycles. The normalized spacial score (nSPS) is 18.9. The zero-order chi connectivity index (χ0) is 12.1. The smallest absolute Gasteiger partial charge is 0.237 e. The lowest BCUT2D eigenvalue weighted by atomic mass is 10.0. The highest BCUT2D eigenvalue weighted by atomic mass is 35.5. The second-order valence-electron chi connectivity index (χ2n) is 4.64. The van der Waals surface area contributed by atoms with Crippen molar-refractivity contribution in [2.45, 2.75) is 32.7 Å². The summed E-state index contributed by atoms with van der Waals surface area (Å²) in [5.41, 5.74) is 5.13. The van der Waals surface area contributed by atoms with Crippen LogP contribution >= 0.6 is 12.4 Å². The number of amides is 2. The Bertz CT molecular complexity index is 265. The first kappa shape index (κ1) is 16.2. The van der Waals surface area contributed by atoms with E-state index in [1.165, 1.54) is 0 Å². The van der Waals surface area contributed by atoms with Crippen molar-refractivity contribution < 1.29 is 9.59 Å². The molecule has 2 amide bonds. The molecule has 17 heavy (non-hydrogen) atoms. The number of halogens is 1. The Morgan fingerprint density at radius 1 is 1.47 bits per heavy atom. The molecule has 100 valence electrons. The third kappa shape index (κ3) is 5.37. The zero-order valence-electron chi connectivity index (χ0n) is 10.4. The molecule has 1 atom stereocenters. The number of hydrogen-bond acceptors (Lipinski definition) is 3. The molecule has 6 heteroatoms. The average molecular weight is 264 g/mol. The van der Waals surface area contributed by atoms with Gasteiger partial charge in [-0.05, 0) is 39.3 Å². The van der Waals surface area contributed by atoms with Gasteiger partial charge in [-0.15, -0.1) is 12.4 Å². The molecule has 1 unspecified atom stereocenters.